The van der Waals surface area contributed by atoms with Gasteiger partial charge in [-0.05, 0) is 24.1 Å². The Hall–Kier alpha value is -3.59. The van der Waals surface area contributed by atoms with Crippen LogP contribution in [0.5, 0.6) is 0 Å². The molecule has 8 nitrogen and oxygen atoms in total. The summed E-state index contributed by atoms with van der Waals surface area (Å²) in [5, 5.41) is 12.9. The number of thiazole rings is 1. The van der Waals surface area contributed by atoms with E-state index in [4.69, 9.17) is 0 Å². The first-order valence-electron chi connectivity index (χ1n) is 8.38. The highest BCUT2D eigenvalue weighted by atomic mass is 32.1. The fraction of sp³-hybridized carbons (Fsp3) is 0.105. The maximum Gasteiger partial charge on any atom is 0.289 e. The molecule has 2 aromatic carbocycles. The van der Waals surface area contributed by atoms with E-state index in [-0.39, 0.29) is 16.9 Å². The summed E-state index contributed by atoms with van der Waals surface area (Å²) in [6.45, 7) is 2.08. The molecule has 0 saturated heterocycles. The van der Waals surface area contributed by atoms with Crippen molar-refractivity contribution in [2.45, 2.75) is 13.3 Å². The number of nitro groups is 1. The quantitative estimate of drug-likeness (QED) is 0.507. The molecule has 0 aliphatic carbocycles. The van der Waals surface area contributed by atoms with E-state index in [9.17, 15) is 19.7 Å². The number of amides is 2. The van der Waals surface area contributed by atoms with Gasteiger partial charge in [-0.2, -0.15) is 0 Å². The lowest BCUT2D eigenvalue weighted by molar-refractivity contribution is -0.384. The van der Waals surface area contributed by atoms with Gasteiger partial charge < -0.3 is 0 Å². The third-order valence-corrected chi connectivity index (χ3v) is 4.87. The highest BCUT2D eigenvalue weighted by Gasteiger charge is 2.14. The summed E-state index contributed by atoms with van der Waals surface area (Å²) < 4.78 is 0. The molecular formula is C19H16N4O4S. The molecule has 3 aromatic rings. The predicted molar refractivity (Wildman–Crippen MR) is 105 cm³/mol. The van der Waals surface area contributed by atoms with Crippen LogP contribution in [0.3, 0.4) is 0 Å². The number of non-ortho nitro benzene ring substituents is 1. The molecule has 3 rings (SSSR count). The van der Waals surface area contributed by atoms with Crippen LogP contribution in [-0.2, 0) is 6.42 Å². The fourth-order valence-corrected chi connectivity index (χ4v) is 3.18. The number of nitro benzene ring substituents is 1. The Bertz CT molecular complexity index is 1010. The first-order valence-corrected chi connectivity index (χ1v) is 9.26. The fourth-order valence-electron chi connectivity index (χ4n) is 2.38. The lowest BCUT2D eigenvalue weighted by Crippen LogP contribution is -2.41. The molecule has 1 heterocycles. The summed E-state index contributed by atoms with van der Waals surface area (Å²) in [5.74, 6) is -1.14. The highest BCUT2D eigenvalue weighted by molar-refractivity contribution is 7.13. The minimum Gasteiger partial charge on any atom is -0.267 e. The van der Waals surface area contributed by atoms with Gasteiger partial charge >= 0.3 is 0 Å². The van der Waals surface area contributed by atoms with Crippen LogP contribution in [0.25, 0.3) is 10.6 Å². The van der Waals surface area contributed by atoms with Crippen molar-refractivity contribution in [3.63, 3.8) is 0 Å². The van der Waals surface area contributed by atoms with Crippen molar-refractivity contribution in [2.75, 3.05) is 0 Å². The third kappa shape index (κ3) is 4.38. The molecule has 0 aliphatic rings. The van der Waals surface area contributed by atoms with E-state index >= 15 is 0 Å². The van der Waals surface area contributed by atoms with Gasteiger partial charge in [0.25, 0.3) is 17.5 Å². The van der Waals surface area contributed by atoms with E-state index < -0.39 is 16.7 Å². The number of aryl methyl sites for hydroxylation is 1. The maximum atomic E-state index is 12.2. The standard InChI is InChI=1S/C19H16N4O4S/c1-2-12-3-5-14(6-4-12)19-20-16(11-28-19)18(25)22-21-17(24)13-7-9-15(10-8-13)23(26)27/h3-11H,2H2,1H3,(H,21,24)(H,22,25). The summed E-state index contributed by atoms with van der Waals surface area (Å²) in [6.07, 6.45) is 0.945. The molecular weight excluding hydrogens is 380 g/mol. The third-order valence-electron chi connectivity index (χ3n) is 3.98. The van der Waals surface area contributed by atoms with Crippen LogP contribution in [0, 0.1) is 10.1 Å². The number of rotatable bonds is 5. The minimum absolute atomic E-state index is 0.123. The second-order valence-electron chi connectivity index (χ2n) is 5.80. The number of carbonyl (C=O) groups excluding carboxylic acids is 2. The van der Waals surface area contributed by atoms with Crippen LogP contribution >= 0.6 is 11.3 Å². The molecule has 2 amide bonds. The Balaban J connectivity index is 1.61. The van der Waals surface area contributed by atoms with Crippen LogP contribution in [0.15, 0.2) is 53.9 Å². The van der Waals surface area contributed by atoms with Crippen molar-refractivity contribution in [3.05, 3.63) is 80.8 Å². The molecule has 1 aromatic heterocycles. The predicted octanol–water partition coefficient (Wildman–Crippen LogP) is 3.36. The maximum absolute atomic E-state index is 12.2. The van der Waals surface area contributed by atoms with Crippen LogP contribution in [0.2, 0.25) is 0 Å². The molecule has 142 valence electrons. The lowest BCUT2D eigenvalue weighted by atomic mass is 10.1. The summed E-state index contributed by atoms with van der Waals surface area (Å²) >= 11 is 1.33. The van der Waals surface area contributed by atoms with Crippen molar-refractivity contribution < 1.29 is 14.5 Å². The first-order chi connectivity index (χ1) is 13.5. The largest absolute Gasteiger partial charge is 0.289 e. The Morgan fingerprint density at radius 1 is 1.04 bits per heavy atom. The number of hydrazine groups is 1. The Labute approximate surface area is 164 Å². The van der Waals surface area contributed by atoms with E-state index in [2.05, 4.69) is 22.8 Å². The second-order valence-corrected chi connectivity index (χ2v) is 6.66. The Kier molecular flexibility index (Phi) is 5.75. The van der Waals surface area contributed by atoms with Crippen molar-refractivity contribution in [1.29, 1.82) is 0 Å². The van der Waals surface area contributed by atoms with Crippen molar-refractivity contribution in [1.82, 2.24) is 15.8 Å². The van der Waals surface area contributed by atoms with Gasteiger partial charge in [0, 0.05) is 28.6 Å². The van der Waals surface area contributed by atoms with Gasteiger partial charge in [-0.1, -0.05) is 31.2 Å². The number of benzene rings is 2. The number of carbonyl (C=O) groups is 2. The van der Waals surface area contributed by atoms with E-state index in [0.717, 1.165) is 12.0 Å². The van der Waals surface area contributed by atoms with Crippen LogP contribution in [0.1, 0.15) is 33.3 Å². The van der Waals surface area contributed by atoms with Gasteiger partial charge in [0.05, 0.1) is 4.92 Å². The van der Waals surface area contributed by atoms with Gasteiger partial charge in [-0.15, -0.1) is 11.3 Å². The van der Waals surface area contributed by atoms with E-state index in [1.54, 1.807) is 5.38 Å². The summed E-state index contributed by atoms with van der Waals surface area (Å²) in [5.41, 5.74) is 6.93. The van der Waals surface area contributed by atoms with Gasteiger partial charge in [0.15, 0.2) is 0 Å². The highest BCUT2D eigenvalue weighted by Crippen LogP contribution is 2.24. The summed E-state index contributed by atoms with van der Waals surface area (Å²) in [6, 6.07) is 13.0. The van der Waals surface area contributed by atoms with E-state index in [1.807, 2.05) is 24.3 Å². The summed E-state index contributed by atoms with van der Waals surface area (Å²) in [7, 11) is 0. The van der Waals surface area contributed by atoms with E-state index in [1.165, 1.54) is 41.2 Å². The number of hydrogen-bond acceptors (Lipinski definition) is 6. The molecule has 0 aliphatic heterocycles. The molecule has 0 atom stereocenters. The zero-order valence-electron chi connectivity index (χ0n) is 14.8. The summed E-state index contributed by atoms with van der Waals surface area (Å²) in [4.78, 5) is 38.6. The number of nitrogens with zero attached hydrogens (tertiary/aromatic N) is 2. The molecule has 28 heavy (non-hydrogen) atoms. The van der Waals surface area contributed by atoms with Gasteiger partial charge in [-0.25, -0.2) is 4.98 Å². The van der Waals surface area contributed by atoms with Crippen LogP contribution in [0.4, 0.5) is 5.69 Å². The van der Waals surface area contributed by atoms with Gasteiger partial charge in [-0.3, -0.25) is 30.6 Å². The van der Waals surface area contributed by atoms with Crippen molar-refractivity contribution in [2.24, 2.45) is 0 Å². The van der Waals surface area contributed by atoms with Crippen molar-refractivity contribution in [3.8, 4) is 10.6 Å². The van der Waals surface area contributed by atoms with E-state index in [0.29, 0.717) is 5.01 Å². The molecule has 0 unspecified atom stereocenters. The average molecular weight is 396 g/mol. The smallest absolute Gasteiger partial charge is 0.267 e. The molecule has 0 fully saturated rings. The monoisotopic (exact) mass is 396 g/mol. The van der Waals surface area contributed by atoms with Crippen molar-refractivity contribution >= 4 is 28.8 Å². The SMILES string of the molecule is CCc1ccc(-c2nc(C(=O)NNC(=O)c3ccc([N+](=O)[O-])cc3)cs2)cc1. The minimum atomic E-state index is -0.589. The zero-order chi connectivity index (χ0) is 20.1. The van der Waals surface area contributed by atoms with Gasteiger partial charge in [0.2, 0.25) is 0 Å². The van der Waals surface area contributed by atoms with Crippen LogP contribution < -0.4 is 10.9 Å². The lowest BCUT2D eigenvalue weighted by Gasteiger charge is -2.05. The number of aromatic nitrogens is 1. The molecule has 0 spiro atoms. The normalized spacial score (nSPS) is 10.3. The zero-order valence-corrected chi connectivity index (χ0v) is 15.7. The molecule has 0 radical (unpaired) electrons. The Morgan fingerprint density at radius 3 is 2.29 bits per heavy atom. The average Bonchev–Trinajstić information content (AvgIpc) is 3.22. The molecule has 0 saturated carbocycles. The Morgan fingerprint density at radius 2 is 1.68 bits per heavy atom. The molecule has 9 heteroatoms. The number of hydrogen-bond donors (Lipinski definition) is 2. The second kappa shape index (κ2) is 8.40. The first kappa shape index (κ1) is 19.2. The molecule has 2 N–H and O–H groups in total. The van der Waals surface area contributed by atoms with Gasteiger partial charge in [0.1, 0.15) is 10.7 Å². The molecule has 0 bridgehead atoms. The number of nitrogens with one attached hydrogen (secondary N) is 2. The van der Waals surface area contributed by atoms with Crippen LogP contribution in [-0.4, -0.2) is 21.7 Å². The topological polar surface area (TPSA) is 114 Å².